The summed E-state index contributed by atoms with van der Waals surface area (Å²) >= 11 is 5.35. The van der Waals surface area contributed by atoms with Crippen molar-refractivity contribution in [1.82, 2.24) is 33.9 Å². The van der Waals surface area contributed by atoms with Gasteiger partial charge in [-0.3, -0.25) is 14.5 Å². The number of sulfonamides is 1. The van der Waals surface area contributed by atoms with Crippen molar-refractivity contribution in [3.63, 3.8) is 0 Å². The molecule has 0 radical (unpaired) electrons. The summed E-state index contributed by atoms with van der Waals surface area (Å²) in [5.74, 6) is 0.451. The molecule has 12 heteroatoms. The van der Waals surface area contributed by atoms with Crippen molar-refractivity contribution >= 4 is 39.2 Å². The van der Waals surface area contributed by atoms with Crippen LogP contribution in [0, 0.1) is 11.7 Å². The number of carbonyl (C=O) groups excluding carboxylic acids is 1. The van der Waals surface area contributed by atoms with Gasteiger partial charge in [-0.15, -0.1) is 0 Å². The first-order valence-corrected chi connectivity index (χ1v) is 12.6. The Hall–Kier alpha value is -3.35. The predicted octanol–water partition coefficient (Wildman–Crippen LogP) is 2.33. The van der Waals surface area contributed by atoms with E-state index in [-0.39, 0.29) is 30.4 Å². The number of benzene rings is 1. The number of hydrogen-bond donors (Lipinski definition) is 2. The van der Waals surface area contributed by atoms with Gasteiger partial charge in [-0.1, -0.05) is 29.8 Å². The Morgan fingerprint density at radius 1 is 1.12 bits per heavy atom. The predicted molar refractivity (Wildman–Crippen MR) is 129 cm³/mol. The Bertz CT molecular complexity index is 1510. The largest absolute Gasteiger partial charge is 0.345 e. The second-order valence-corrected chi connectivity index (χ2v) is 10.4. The summed E-state index contributed by atoms with van der Waals surface area (Å²) in [6.07, 6.45) is 3.08. The SMILES string of the molecule is Cc1ccc(-c2n[nH]c(=S)n2CC(=O)N2CCN(S(=O)(=O)c3c[nH]c4ncccc34)CC2)cc1. The lowest BCUT2D eigenvalue weighted by Gasteiger charge is -2.34. The molecule has 176 valence electrons. The van der Waals surface area contributed by atoms with E-state index in [4.69, 9.17) is 12.2 Å². The number of piperazine rings is 1. The quantitative estimate of drug-likeness (QED) is 0.409. The molecule has 5 rings (SSSR count). The number of H-pyrrole nitrogens is 2. The van der Waals surface area contributed by atoms with Gasteiger partial charge in [0.2, 0.25) is 15.9 Å². The fourth-order valence-corrected chi connectivity index (χ4v) is 5.85. The zero-order valence-corrected chi connectivity index (χ0v) is 20.1. The van der Waals surface area contributed by atoms with Crippen molar-refractivity contribution in [2.75, 3.05) is 26.2 Å². The van der Waals surface area contributed by atoms with E-state index in [9.17, 15) is 13.2 Å². The van der Waals surface area contributed by atoms with Gasteiger partial charge >= 0.3 is 0 Å². The smallest absolute Gasteiger partial charge is 0.245 e. The maximum absolute atomic E-state index is 13.2. The van der Waals surface area contributed by atoms with E-state index in [1.807, 2.05) is 31.2 Å². The van der Waals surface area contributed by atoms with Crippen LogP contribution < -0.4 is 0 Å². The fourth-order valence-electron chi connectivity index (χ4n) is 4.08. The van der Waals surface area contributed by atoms with Gasteiger partial charge in [0.15, 0.2) is 10.6 Å². The van der Waals surface area contributed by atoms with Crippen LogP contribution >= 0.6 is 12.2 Å². The number of aryl methyl sites for hydroxylation is 1. The van der Waals surface area contributed by atoms with Crippen molar-refractivity contribution in [1.29, 1.82) is 0 Å². The maximum atomic E-state index is 13.2. The number of nitrogens with zero attached hydrogens (tertiary/aromatic N) is 5. The molecule has 0 unspecified atom stereocenters. The van der Waals surface area contributed by atoms with E-state index in [2.05, 4.69) is 20.2 Å². The molecule has 1 saturated heterocycles. The minimum absolute atomic E-state index is 0.0272. The summed E-state index contributed by atoms with van der Waals surface area (Å²) in [4.78, 5) is 22.0. The molecular weight excluding hydrogens is 474 g/mol. The highest BCUT2D eigenvalue weighted by atomic mass is 32.2. The van der Waals surface area contributed by atoms with Gasteiger partial charge in [-0.2, -0.15) is 9.40 Å². The van der Waals surface area contributed by atoms with E-state index >= 15 is 0 Å². The molecule has 0 aliphatic carbocycles. The van der Waals surface area contributed by atoms with Crippen molar-refractivity contribution in [3.05, 3.63) is 59.1 Å². The molecule has 4 heterocycles. The van der Waals surface area contributed by atoms with Gasteiger partial charge in [0, 0.05) is 49.5 Å². The number of nitrogens with one attached hydrogen (secondary N) is 2. The number of aromatic nitrogens is 5. The van der Waals surface area contributed by atoms with Crippen molar-refractivity contribution in [3.8, 4) is 11.4 Å². The van der Waals surface area contributed by atoms with Gasteiger partial charge < -0.3 is 9.88 Å². The van der Waals surface area contributed by atoms with E-state index in [0.29, 0.717) is 34.7 Å². The summed E-state index contributed by atoms with van der Waals surface area (Å²) in [7, 11) is -3.71. The van der Waals surface area contributed by atoms with Gasteiger partial charge in [-0.25, -0.2) is 13.4 Å². The zero-order valence-electron chi connectivity index (χ0n) is 18.4. The fraction of sp³-hybridized carbons (Fsp3) is 0.273. The lowest BCUT2D eigenvalue weighted by Crippen LogP contribution is -2.51. The third kappa shape index (κ3) is 4.04. The first-order chi connectivity index (χ1) is 16.3. The third-order valence-electron chi connectivity index (χ3n) is 5.98. The second-order valence-electron chi connectivity index (χ2n) is 8.14. The minimum Gasteiger partial charge on any atom is -0.345 e. The number of pyridine rings is 1. The highest BCUT2D eigenvalue weighted by Crippen LogP contribution is 2.25. The molecule has 3 aromatic heterocycles. The Morgan fingerprint density at radius 2 is 1.85 bits per heavy atom. The summed E-state index contributed by atoms with van der Waals surface area (Å²) < 4.78 is 29.9. The van der Waals surface area contributed by atoms with E-state index in [0.717, 1.165) is 11.1 Å². The zero-order chi connectivity index (χ0) is 23.9. The second kappa shape index (κ2) is 8.78. The number of carbonyl (C=O) groups is 1. The molecule has 1 aliphatic heterocycles. The van der Waals surface area contributed by atoms with Gasteiger partial charge in [0.05, 0.1) is 0 Å². The Balaban J connectivity index is 1.29. The topological polar surface area (TPSA) is 120 Å². The lowest BCUT2D eigenvalue weighted by atomic mass is 10.1. The molecule has 1 aliphatic rings. The third-order valence-corrected chi connectivity index (χ3v) is 8.23. The van der Waals surface area contributed by atoms with Crippen LogP contribution in [0.5, 0.6) is 0 Å². The Morgan fingerprint density at radius 3 is 2.59 bits per heavy atom. The van der Waals surface area contributed by atoms with Gasteiger partial charge in [-0.05, 0) is 31.3 Å². The molecule has 1 amide bonds. The van der Waals surface area contributed by atoms with Crippen molar-refractivity contribution < 1.29 is 13.2 Å². The van der Waals surface area contributed by atoms with Crippen LogP contribution in [-0.4, -0.2) is 74.4 Å². The van der Waals surface area contributed by atoms with Crippen LogP contribution in [0.2, 0.25) is 0 Å². The number of fused-ring (bicyclic) bond motifs is 1. The highest BCUT2D eigenvalue weighted by Gasteiger charge is 2.32. The molecule has 0 bridgehead atoms. The standard InChI is InChI=1S/C22H23N7O3S2/c1-15-4-6-16(7-5-15)21-25-26-22(33)29(21)14-19(30)27-9-11-28(12-10-27)34(31,32)18-13-24-20-17(18)3-2-8-23-20/h2-8,13H,9-12,14H2,1H3,(H,23,24)(H,26,33). The number of amides is 1. The van der Waals surface area contributed by atoms with Crippen LogP contribution in [0.1, 0.15) is 5.56 Å². The first-order valence-electron chi connectivity index (χ1n) is 10.8. The van der Waals surface area contributed by atoms with E-state index in [1.165, 1.54) is 10.5 Å². The summed E-state index contributed by atoms with van der Waals surface area (Å²) in [6.45, 7) is 3.04. The first kappa shape index (κ1) is 22.4. The lowest BCUT2D eigenvalue weighted by molar-refractivity contribution is -0.133. The molecule has 0 saturated carbocycles. The number of hydrogen-bond acceptors (Lipinski definition) is 6. The molecule has 2 N–H and O–H groups in total. The maximum Gasteiger partial charge on any atom is 0.245 e. The Kier molecular flexibility index (Phi) is 5.80. The average molecular weight is 498 g/mol. The molecule has 1 aromatic carbocycles. The van der Waals surface area contributed by atoms with Gasteiger partial charge in [0.1, 0.15) is 17.1 Å². The summed E-state index contributed by atoms with van der Waals surface area (Å²) in [5, 5.41) is 7.61. The minimum atomic E-state index is -3.71. The molecule has 10 nitrogen and oxygen atoms in total. The molecule has 1 fully saturated rings. The van der Waals surface area contributed by atoms with Crippen LogP contribution in [0.3, 0.4) is 0 Å². The number of rotatable bonds is 5. The average Bonchev–Trinajstić information content (AvgIpc) is 3.44. The van der Waals surface area contributed by atoms with Crippen molar-refractivity contribution in [2.45, 2.75) is 18.4 Å². The number of aromatic amines is 2. The Labute approximate surface area is 201 Å². The van der Waals surface area contributed by atoms with E-state index < -0.39 is 10.0 Å². The molecule has 0 spiro atoms. The molecule has 0 atom stereocenters. The molecular formula is C22H23N7O3S2. The van der Waals surface area contributed by atoms with Crippen LogP contribution in [-0.2, 0) is 21.4 Å². The monoisotopic (exact) mass is 497 g/mol. The van der Waals surface area contributed by atoms with Crippen molar-refractivity contribution in [2.24, 2.45) is 0 Å². The highest BCUT2D eigenvalue weighted by molar-refractivity contribution is 7.89. The van der Waals surface area contributed by atoms with E-state index in [1.54, 1.807) is 27.8 Å². The van der Waals surface area contributed by atoms with Crippen LogP contribution in [0.15, 0.2) is 53.7 Å². The van der Waals surface area contributed by atoms with Gasteiger partial charge in [0.25, 0.3) is 0 Å². The normalized spacial score (nSPS) is 15.1. The summed E-state index contributed by atoms with van der Waals surface area (Å²) in [6, 6.07) is 11.3. The van der Waals surface area contributed by atoms with Crippen LogP contribution in [0.4, 0.5) is 0 Å². The summed E-state index contributed by atoms with van der Waals surface area (Å²) in [5.41, 5.74) is 2.50. The molecule has 4 aromatic rings. The van der Waals surface area contributed by atoms with Crippen LogP contribution in [0.25, 0.3) is 22.4 Å². The molecule has 34 heavy (non-hydrogen) atoms.